The fraction of sp³-hybridized carbons (Fsp3) is 0.879. The minimum atomic E-state index is -0.637. The maximum absolute atomic E-state index is 12.9. The van der Waals surface area contributed by atoms with E-state index in [1.165, 1.54) is 35.8 Å². The van der Waals surface area contributed by atoms with Crippen LogP contribution in [0.2, 0.25) is 0 Å². The molecule has 112 heavy (non-hydrogen) atoms. The number of nitrogens with one attached hydrogen (secondary N) is 1. The van der Waals surface area contributed by atoms with E-state index in [-0.39, 0.29) is 127 Å². The summed E-state index contributed by atoms with van der Waals surface area (Å²) in [4.78, 5) is 63.8. The number of carbonyl (C=O) groups is 5. The first-order valence-corrected chi connectivity index (χ1v) is 42.5. The normalized spacial score (nSPS) is 25.9. The lowest BCUT2D eigenvalue weighted by molar-refractivity contribution is -0.250. The summed E-state index contributed by atoms with van der Waals surface area (Å²) in [7, 11) is 0. The number of nitrogens with zero attached hydrogens (tertiary/aromatic N) is 7. The molecule has 0 saturated carbocycles. The van der Waals surface area contributed by atoms with Gasteiger partial charge < -0.3 is 46.0 Å². The van der Waals surface area contributed by atoms with Crippen LogP contribution >= 0.6 is 0 Å². The Morgan fingerprint density at radius 2 is 0.866 bits per heavy atom. The lowest BCUT2D eigenvalue weighted by Gasteiger charge is -2.51. The zero-order valence-corrected chi connectivity index (χ0v) is 79.5. The lowest BCUT2D eigenvalue weighted by atomic mass is 9.69. The molecule has 654 valence electrons. The van der Waals surface area contributed by atoms with Crippen LogP contribution in [-0.4, -0.2) is 199 Å². The molecule has 7 rings (SSSR count). The number of hydroxylamine groups is 12. The van der Waals surface area contributed by atoms with Crippen LogP contribution in [0.4, 0.5) is 0 Å². The summed E-state index contributed by atoms with van der Waals surface area (Å²) in [5, 5.41) is 74.3. The Morgan fingerprint density at radius 1 is 0.464 bits per heavy atom. The second-order valence-corrected chi connectivity index (χ2v) is 44.7. The number of imide groups is 1. The third kappa shape index (κ3) is 23.6. The Hall–Kier alpha value is -3.39. The van der Waals surface area contributed by atoms with Crippen LogP contribution in [0.5, 0.6) is 0 Å². The number of carbonyl (C=O) groups excluding carboxylic acids is 5. The number of ether oxygens (including phenoxy) is 2. The van der Waals surface area contributed by atoms with Gasteiger partial charge in [-0.25, -0.2) is 0 Å². The predicted molar refractivity (Wildman–Crippen MR) is 453 cm³/mol. The maximum atomic E-state index is 12.9. The summed E-state index contributed by atoms with van der Waals surface area (Å²) >= 11 is 0. The average Bonchev–Trinajstić information content (AvgIpc) is 1.58. The first kappa shape index (κ1) is 105. The van der Waals surface area contributed by atoms with Gasteiger partial charge in [-0.2, -0.15) is 30.4 Å². The smallest absolute Gasteiger partial charge is 0.246 e. The number of piperidine rings is 1. The Labute approximate surface area is 683 Å². The third-order valence-electron chi connectivity index (χ3n) is 25.7. The van der Waals surface area contributed by atoms with Crippen molar-refractivity contribution in [2.24, 2.45) is 33.5 Å². The van der Waals surface area contributed by atoms with E-state index in [0.717, 1.165) is 81.8 Å². The molecular weight excluding hydrogens is 1410 g/mol. The Morgan fingerprint density at radius 3 is 1.19 bits per heavy atom. The van der Waals surface area contributed by atoms with Gasteiger partial charge in [-0.3, -0.25) is 28.9 Å². The molecule has 0 bridgehead atoms. The number of hydrogen-bond donors (Lipinski definition) is 7. The Balaban J connectivity index is 0.000000457. The molecule has 0 aromatic carbocycles. The van der Waals surface area contributed by atoms with E-state index in [0.29, 0.717) is 25.2 Å². The van der Waals surface area contributed by atoms with E-state index in [1.807, 2.05) is 221 Å². The summed E-state index contributed by atoms with van der Waals surface area (Å²) in [6.45, 7) is 85.5. The van der Waals surface area contributed by atoms with Crippen molar-refractivity contribution in [2.75, 3.05) is 13.2 Å². The molecule has 7 aliphatic rings. The summed E-state index contributed by atoms with van der Waals surface area (Å²) in [6.07, 6.45) is 17.6. The van der Waals surface area contributed by atoms with E-state index in [1.54, 1.807) is 5.06 Å². The highest BCUT2D eigenvalue weighted by Gasteiger charge is 2.61. The molecule has 4 fully saturated rings. The molecule has 7 N–H and O–H groups in total. The maximum Gasteiger partial charge on any atom is 0.246 e. The molecule has 7 aliphatic heterocycles. The molecule has 3 unspecified atom stereocenters. The van der Waals surface area contributed by atoms with Gasteiger partial charge in [0.15, 0.2) is 5.78 Å². The molecule has 0 aliphatic carbocycles. The number of Topliss-reactive ketones (excluding diaryl/α,β-unsaturated/α-hetero) is 2. The summed E-state index contributed by atoms with van der Waals surface area (Å²) in [5.74, 6) is -0.0873. The van der Waals surface area contributed by atoms with Crippen LogP contribution in [0.15, 0.2) is 34.9 Å². The molecule has 4 saturated heterocycles. The fourth-order valence-corrected chi connectivity index (χ4v) is 18.4. The molecule has 0 spiro atoms. The molecule has 0 aromatic heterocycles. The van der Waals surface area contributed by atoms with Gasteiger partial charge in [-0.1, -0.05) is 157 Å². The van der Waals surface area contributed by atoms with E-state index in [2.05, 4.69) is 93.6 Å². The fourth-order valence-electron chi connectivity index (χ4n) is 18.4. The van der Waals surface area contributed by atoms with Crippen LogP contribution in [0, 0.1) is 33.5 Å². The molecule has 3 atom stereocenters. The van der Waals surface area contributed by atoms with Crippen molar-refractivity contribution in [3.05, 3.63) is 34.9 Å². The van der Waals surface area contributed by atoms with Crippen LogP contribution in [0.1, 0.15) is 381 Å². The van der Waals surface area contributed by atoms with Crippen molar-refractivity contribution >= 4 is 29.3 Å². The van der Waals surface area contributed by atoms with Crippen molar-refractivity contribution in [3.63, 3.8) is 0 Å². The highest BCUT2D eigenvalue weighted by atomic mass is 16.5. The first-order valence-electron chi connectivity index (χ1n) is 42.5. The number of hydrogen-bond acceptors (Lipinski definition) is 19. The monoisotopic (exact) mass is 1590 g/mol. The van der Waals surface area contributed by atoms with Gasteiger partial charge in [0.1, 0.15) is 12.4 Å². The quantitative estimate of drug-likeness (QED) is 0.0527. The van der Waals surface area contributed by atoms with Gasteiger partial charge in [-0.05, 0) is 258 Å². The molecule has 3 amide bonds. The van der Waals surface area contributed by atoms with E-state index in [9.17, 15) is 55.2 Å². The predicted octanol–water partition coefficient (Wildman–Crippen LogP) is 20.1. The standard InChI is InChI=1S/C17H31NO2.C17H33NO.C16H28N2O3.C14H28N2O3.C14H27NO2.C13H25NO2/c1-8-16(9-2)12-13(14(19)15(5,6)7)17(10-3,11-4)18(16)20;1-8-16(9-2)13-14(12-15(5,6)7)17(10-3,11-4)18(16)19;1-14(2,3)10-8-12(19)17(13(10)20)11-9-15(4,5)18(21)16(11,6)7;1-12(2,3)19-9-11(17)15-10-8-13(4,5)16(18)14(10,6)7;1-12(2,3)11(16)10-8-13(4,5)15(17)14(6,7)9-10;1-11(2,3)16-9-10-8-12(4,5)14(15)13(10,6)7/h12,20H,8-11H2,1-7H3;13,19H,8-12H2,1-7H3;10-11,21H,8-9H2,1-7H3;10,18H,8-9H2,1-7H3,(H,15,17);10,17H,8-9H2,1-7H3;8,15H,9H2,1-7H3. The third-order valence-corrected chi connectivity index (χ3v) is 25.7. The number of amides is 3. The summed E-state index contributed by atoms with van der Waals surface area (Å²) in [6, 6.07) is -0.381. The van der Waals surface area contributed by atoms with Gasteiger partial charge in [0.25, 0.3) is 0 Å². The minimum absolute atomic E-state index is 0.0436. The van der Waals surface area contributed by atoms with Crippen molar-refractivity contribution in [1.82, 2.24) is 40.6 Å². The van der Waals surface area contributed by atoms with Gasteiger partial charge in [0, 0.05) is 50.9 Å². The lowest BCUT2D eigenvalue weighted by Crippen LogP contribution is -2.60. The summed E-state index contributed by atoms with van der Waals surface area (Å²) in [5.41, 5.74) is -2.28. The second kappa shape index (κ2) is 36.3. The molecule has 21 nitrogen and oxygen atoms in total. The first-order chi connectivity index (χ1) is 49.9. The van der Waals surface area contributed by atoms with Crippen LogP contribution in [-0.2, 0) is 33.4 Å². The number of ketones is 2. The molecule has 7 heterocycles. The van der Waals surface area contributed by atoms with Crippen LogP contribution in [0.25, 0.3) is 0 Å². The highest BCUT2D eigenvalue weighted by molar-refractivity contribution is 6.04. The van der Waals surface area contributed by atoms with E-state index < -0.39 is 33.1 Å². The van der Waals surface area contributed by atoms with E-state index >= 15 is 0 Å². The number of likely N-dealkylation sites (tertiary alicyclic amines) is 1. The summed E-state index contributed by atoms with van der Waals surface area (Å²) < 4.78 is 11.2. The zero-order valence-electron chi connectivity index (χ0n) is 79.5. The van der Waals surface area contributed by atoms with Crippen LogP contribution < -0.4 is 5.32 Å². The highest BCUT2D eigenvalue weighted by Crippen LogP contribution is 2.53. The molecule has 0 aromatic rings. The van der Waals surface area contributed by atoms with Gasteiger partial charge in [0.05, 0.1) is 80.1 Å². The molecule has 0 radical (unpaired) electrons. The zero-order chi connectivity index (χ0) is 88.5. The van der Waals surface area contributed by atoms with E-state index in [4.69, 9.17) is 9.47 Å². The second-order valence-electron chi connectivity index (χ2n) is 44.7. The van der Waals surface area contributed by atoms with Crippen molar-refractivity contribution in [2.45, 2.75) is 470 Å². The number of rotatable bonds is 17. The van der Waals surface area contributed by atoms with Crippen molar-refractivity contribution < 1.29 is 64.7 Å². The van der Waals surface area contributed by atoms with Gasteiger partial charge in [-0.15, -0.1) is 0 Å². The van der Waals surface area contributed by atoms with Crippen LogP contribution in [0.3, 0.4) is 0 Å². The average molecular weight is 1590 g/mol. The Kier molecular flexibility index (Phi) is 33.9. The van der Waals surface area contributed by atoms with Crippen molar-refractivity contribution in [3.8, 4) is 0 Å². The van der Waals surface area contributed by atoms with Gasteiger partial charge >= 0.3 is 0 Å². The SMILES string of the molecule is CC(C)(C)C(=O)C1CC(C)(C)N(O)C(C)(C)C1.CC(C)(C)C1CC(=O)N(C2CC(C)(C)N(O)C2(C)C)C1=O.CC(C)(C)OCC(=O)NC1CC(C)(C)N(O)C1(C)C.CC(C)(C)OCC1=CC(C)(C)N(O)C1(C)C.CCC1(CC)C=C(C(=O)C(C)(C)C)C(CC)(CC)N1O.CCC1(CC)C=C(CC(C)(C)C)C(CC)(CC)N1O. The van der Waals surface area contributed by atoms with Gasteiger partial charge in [0.2, 0.25) is 17.7 Å². The van der Waals surface area contributed by atoms with Crippen molar-refractivity contribution in [1.29, 1.82) is 0 Å². The minimum Gasteiger partial charge on any atom is -0.371 e. The molecule has 21 heteroatoms. The molecular formula is C91H172N8O13. The topological polar surface area (TPSA) is 260 Å². The largest absolute Gasteiger partial charge is 0.371 e. The Bertz CT molecular complexity index is 3240.